The maximum absolute atomic E-state index is 13.3. The van der Waals surface area contributed by atoms with Crippen molar-refractivity contribution in [1.82, 2.24) is 4.90 Å². The van der Waals surface area contributed by atoms with Gasteiger partial charge >= 0.3 is 5.97 Å². The van der Waals surface area contributed by atoms with Crippen molar-refractivity contribution in [3.8, 4) is 0 Å². The Bertz CT molecular complexity index is 841. The lowest BCUT2D eigenvalue weighted by molar-refractivity contribution is -0.164. The number of alkyl halides is 1. The van der Waals surface area contributed by atoms with Gasteiger partial charge in [-0.15, -0.1) is 0 Å². The number of esters is 1. The Morgan fingerprint density at radius 1 is 1.21 bits per heavy atom. The van der Waals surface area contributed by atoms with Crippen molar-refractivity contribution in [3.05, 3.63) is 71.8 Å². The maximum Gasteiger partial charge on any atom is 0.335 e. The van der Waals surface area contributed by atoms with Gasteiger partial charge in [0.15, 0.2) is 16.9 Å². The molecule has 2 aromatic carbocycles. The molecule has 146 valence electrons. The Balaban J connectivity index is 1.67. The molecule has 4 atom stereocenters. The Morgan fingerprint density at radius 2 is 1.75 bits per heavy atom. The molecule has 0 aromatic heterocycles. The lowest BCUT2D eigenvalue weighted by Gasteiger charge is -2.34. The van der Waals surface area contributed by atoms with E-state index < -0.39 is 39.4 Å². The summed E-state index contributed by atoms with van der Waals surface area (Å²) in [6, 6.07) is 18.1. The van der Waals surface area contributed by atoms with Crippen LogP contribution in [0, 0.1) is 0 Å². The zero-order valence-electron chi connectivity index (χ0n) is 15.3. The van der Waals surface area contributed by atoms with Gasteiger partial charge in [-0.3, -0.25) is 9.69 Å². The van der Waals surface area contributed by atoms with Crippen molar-refractivity contribution in [3.63, 3.8) is 0 Å². The van der Waals surface area contributed by atoms with E-state index in [1.807, 2.05) is 60.7 Å². The smallest absolute Gasteiger partial charge is 0.335 e. The SMILES string of the molecule is C[C@@]1(CBr)[C@H](C(=O)OC(c2ccccc2)c2ccccc2)N2C(=O)C[C@H]2[S+]1[O-]. The molecule has 0 spiro atoms. The number of carbonyl (C=O) groups is 2. The Labute approximate surface area is 175 Å². The monoisotopic (exact) mass is 461 g/mol. The number of carbonyl (C=O) groups excluding carboxylic acids is 2. The lowest BCUT2D eigenvalue weighted by Crippen LogP contribution is -2.58. The van der Waals surface area contributed by atoms with Gasteiger partial charge in [0.25, 0.3) is 0 Å². The number of ether oxygens (including phenoxy) is 1. The van der Waals surface area contributed by atoms with Gasteiger partial charge in [0.1, 0.15) is 0 Å². The fourth-order valence-electron chi connectivity index (χ4n) is 3.86. The van der Waals surface area contributed by atoms with E-state index in [2.05, 4.69) is 15.9 Å². The zero-order valence-corrected chi connectivity index (χ0v) is 17.7. The molecule has 2 saturated heterocycles. The number of hydrogen-bond acceptors (Lipinski definition) is 4. The fraction of sp³-hybridized carbons (Fsp3) is 0.333. The highest BCUT2D eigenvalue weighted by Gasteiger charge is 2.70. The number of β-lactam (4-membered cyclic amide) rings is 1. The van der Waals surface area contributed by atoms with Crippen LogP contribution in [0.25, 0.3) is 0 Å². The molecule has 2 heterocycles. The molecule has 0 N–H and O–H groups in total. The predicted molar refractivity (Wildman–Crippen MR) is 110 cm³/mol. The summed E-state index contributed by atoms with van der Waals surface area (Å²) in [5.41, 5.74) is 1.68. The van der Waals surface area contributed by atoms with Crippen LogP contribution in [0.5, 0.6) is 0 Å². The minimum atomic E-state index is -1.33. The third-order valence-corrected chi connectivity index (χ3v) is 9.15. The van der Waals surface area contributed by atoms with Crippen molar-refractivity contribution in [1.29, 1.82) is 0 Å². The van der Waals surface area contributed by atoms with Gasteiger partial charge in [-0.25, -0.2) is 4.79 Å². The summed E-state index contributed by atoms with van der Waals surface area (Å²) in [6.45, 7) is 1.77. The van der Waals surface area contributed by atoms with E-state index in [0.29, 0.717) is 5.33 Å². The van der Waals surface area contributed by atoms with Crippen molar-refractivity contribution in [2.75, 3.05) is 5.33 Å². The van der Waals surface area contributed by atoms with Crippen LogP contribution in [0.1, 0.15) is 30.6 Å². The second-order valence-electron chi connectivity index (χ2n) is 7.24. The first-order valence-corrected chi connectivity index (χ1v) is 11.4. The quantitative estimate of drug-likeness (QED) is 0.296. The van der Waals surface area contributed by atoms with Gasteiger partial charge in [0.05, 0.1) is 11.8 Å². The summed E-state index contributed by atoms with van der Waals surface area (Å²) in [6.07, 6.45) is -0.377. The second kappa shape index (κ2) is 7.54. The highest BCUT2D eigenvalue weighted by Crippen LogP contribution is 2.47. The molecular formula is C21H20BrNO4S. The molecule has 0 radical (unpaired) electrons. The molecule has 5 nitrogen and oxygen atoms in total. The summed E-state index contributed by atoms with van der Waals surface area (Å²) >= 11 is 2.07. The molecular weight excluding hydrogens is 442 g/mol. The van der Waals surface area contributed by atoms with Crippen LogP contribution in [0.2, 0.25) is 0 Å². The van der Waals surface area contributed by atoms with Gasteiger partial charge in [0, 0.05) is 0 Å². The minimum Gasteiger partial charge on any atom is -0.614 e. The van der Waals surface area contributed by atoms with E-state index in [0.717, 1.165) is 11.1 Å². The minimum absolute atomic E-state index is 0.152. The molecule has 2 aromatic rings. The summed E-state index contributed by atoms with van der Waals surface area (Å²) in [5.74, 6) is -0.676. The topological polar surface area (TPSA) is 69.7 Å². The van der Waals surface area contributed by atoms with E-state index in [-0.39, 0.29) is 12.3 Å². The third kappa shape index (κ3) is 3.06. The molecule has 0 aliphatic carbocycles. The van der Waals surface area contributed by atoms with Crippen LogP contribution >= 0.6 is 15.9 Å². The largest absolute Gasteiger partial charge is 0.614 e. The maximum atomic E-state index is 13.3. The first-order valence-electron chi connectivity index (χ1n) is 9.05. The highest BCUT2D eigenvalue weighted by molar-refractivity contribution is 9.09. The molecule has 0 bridgehead atoms. The van der Waals surface area contributed by atoms with Crippen LogP contribution in [0.15, 0.2) is 60.7 Å². The van der Waals surface area contributed by atoms with Crippen molar-refractivity contribution >= 4 is 39.0 Å². The number of rotatable bonds is 5. The summed E-state index contributed by atoms with van der Waals surface area (Å²) < 4.78 is 18.0. The van der Waals surface area contributed by atoms with Gasteiger partial charge in [-0.1, -0.05) is 76.6 Å². The molecule has 2 aliphatic heterocycles. The summed E-state index contributed by atoms with van der Waals surface area (Å²) in [7, 11) is 0. The van der Waals surface area contributed by atoms with E-state index >= 15 is 0 Å². The standard InChI is InChI=1S/C21H20BrNO4S/c1-21(13-22)19(23-16(24)12-17(23)28(21)26)20(25)27-18(14-8-4-2-5-9-14)15-10-6-3-7-11-15/h2-11,17-19H,12-13H2,1H3/t17-,19+,21-,28?/m1/s1. The van der Waals surface area contributed by atoms with Crippen LogP contribution in [-0.4, -0.2) is 42.8 Å². The molecule has 1 unspecified atom stereocenters. The number of fused-ring (bicyclic) bond motifs is 1. The van der Waals surface area contributed by atoms with E-state index in [4.69, 9.17) is 4.74 Å². The number of halogens is 1. The fourth-order valence-corrected chi connectivity index (χ4v) is 6.74. The molecule has 4 rings (SSSR count). The average molecular weight is 462 g/mol. The number of hydrogen-bond donors (Lipinski definition) is 0. The van der Waals surface area contributed by atoms with E-state index in [1.54, 1.807) is 6.92 Å². The van der Waals surface area contributed by atoms with E-state index in [9.17, 15) is 14.1 Å². The molecule has 2 fully saturated rings. The normalized spacial score (nSPS) is 28.8. The molecule has 1 amide bonds. The second-order valence-corrected chi connectivity index (χ2v) is 9.88. The van der Waals surface area contributed by atoms with Crippen molar-refractivity contribution < 1.29 is 18.9 Å². The van der Waals surface area contributed by atoms with Gasteiger partial charge in [-0.2, -0.15) is 0 Å². The summed E-state index contributed by atoms with van der Waals surface area (Å²) in [4.78, 5) is 26.9. The van der Waals surface area contributed by atoms with Crippen LogP contribution in [0.3, 0.4) is 0 Å². The Kier molecular flexibility index (Phi) is 5.24. The van der Waals surface area contributed by atoms with Gasteiger partial charge < -0.3 is 9.29 Å². The first kappa shape index (κ1) is 19.5. The van der Waals surface area contributed by atoms with Crippen molar-refractivity contribution in [2.24, 2.45) is 0 Å². The average Bonchev–Trinajstić information content (AvgIpc) is 2.91. The third-order valence-electron chi connectivity index (χ3n) is 5.44. The van der Waals surface area contributed by atoms with Gasteiger partial charge in [-0.05, 0) is 29.2 Å². The predicted octanol–water partition coefficient (Wildman–Crippen LogP) is 3.16. The zero-order chi connectivity index (χ0) is 19.9. The first-order chi connectivity index (χ1) is 13.5. The van der Waals surface area contributed by atoms with Crippen LogP contribution < -0.4 is 0 Å². The molecule has 0 saturated carbocycles. The number of nitrogens with zero attached hydrogens (tertiary/aromatic N) is 1. The van der Waals surface area contributed by atoms with Crippen LogP contribution in [-0.2, 0) is 25.5 Å². The lowest BCUT2D eigenvalue weighted by atomic mass is 9.97. The Hall–Kier alpha value is -1.83. The highest BCUT2D eigenvalue weighted by atomic mass is 79.9. The summed E-state index contributed by atoms with van der Waals surface area (Å²) in [5, 5.41) is -0.0620. The molecule has 28 heavy (non-hydrogen) atoms. The number of benzene rings is 2. The van der Waals surface area contributed by atoms with Crippen LogP contribution in [0.4, 0.5) is 0 Å². The molecule has 2 aliphatic rings. The van der Waals surface area contributed by atoms with Crippen molar-refractivity contribution in [2.45, 2.75) is 35.6 Å². The molecule has 7 heteroatoms. The Morgan fingerprint density at radius 3 is 2.21 bits per heavy atom. The van der Waals surface area contributed by atoms with Gasteiger partial charge in [0.2, 0.25) is 11.3 Å². The number of amides is 1. The van der Waals surface area contributed by atoms with E-state index in [1.165, 1.54) is 4.90 Å².